The van der Waals surface area contributed by atoms with Gasteiger partial charge in [0.1, 0.15) is 0 Å². The third-order valence-corrected chi connectivity index (χ3v) is 4.55. The van der Waals surface area contributed by atoms with Gasteiger partial charge in [0.2, 0.25) is 0 Å². The van der Waals surface area contributed by atoms with Gasteiger partial charge in [-0.05, 0) is 34.0 Å². The zero-order valence-electron chi connectivity index (χ0n) is 15.6. The van der Waals surface area contributed by atoms with E-state index in [0.717, 1.165) is 21.9 Å². The Labute approximate surface area is 159 Å². The van der Waals surface area contributed by atoms with Crippen molar-refractivity contribution in [2.75, 3.05) is 21.3 Å². The minimum atomic E-state index is -0.388. The highest BCUT2D eigenvalue weighted by Crippen LogP contribution is 2.36. The number of esters is 1. The van der Waals surface area contributed by atoms with E-state index in [-0.39, 0.29) is 11.9 Å². The second kappa shape index (κ2) is 8.41. The second-order valence-corrected chi connectivity index (χ2v) is 6.04. The summed E-state index contributed by atoms with van der Waals surface area (Å²) >= 11 is 0. The summed E-state index contributed by atoms with van der Waals surface area (Å²) in [7, 11) is 4.59. The Hall–Kier alpha value is -3.27. The van der Waals surface area contributed by atoms with Crippen LogP contribution >= 0.6 is 0 Å². The van der Waals surface area contributed by atoms with Gasteiger partial charge in [0.15, 0.2) is 11.5 Å². The number of ether oxygens (including phenoxy) is 3. The number of benzene rings is 3. The standard InChI is InChI=1S/C23H22O4/c1-25-21-13-11-17(15-22(21)26-2)19(12-14-23(24)27-3)20-10-6-8-16-7-4-5-9-18(16)20/h4-15,19H,1-3H3/b14-12+/t19-/m1/s1. The van der Waals surface area contributed by atoms with Crippen molar-refractivity contribution >= 4 is 16.7 Å². The summed E-state index contributed by atoms with van der Waals surface area (Å²) in [6.45, 7) is 0. The van der Waals surface area contributed by atoms with Crippen molar-refractivity contribution in [1.82, 2.24) is 0 Å². The molecule has 0 aromatic heterocycles. The first kappa shape index (κ1) is 18.5. The Balaban J connectivity index is 2.17. The molecule has 138 valence electrons. The van der Waals surface area contributed by atoms with Crippen LogP contribution < -0.4 is 9.47 Å². The first-order chi connectivity index (χ1) is 13.2. The molecule has 0 heterocycles. The monoisotopic (exact) mass is 362 g/mol. The Morgan fingerprint density at radius 3 is 2.37 bits per heavy atom. The molecule has 0 bridgehead atoms. The first-order valence-electron chi connectivity index (χ1n) is 8.63. The number of carbonyl (C=O) groups excluding carboxylic acids is 1. The predicted octanol–water partition coefficient (Wildman–Crippen LogP) is 4.72. The van der Waals surface area contributed by atoms with E-state index in [9.17, 15) is 4.79 Å². The lowest BCUT2D eigenvalue weighted by atomic mass is 9.87. The summed E-state index contributed by atoms with van der Waals surface area (Å²) in [5.41, 5.74) is 2.09. The lowest BCUT2D eigenvalue weighted by Crippen LogP contribution is -2.03. The zero-order valence-corrected chi connectivity index (χ0v) is 15.6. The molecule has 0 saturated heterocycles. The lowest BCUT2D eigenvalue weighted by molar-refractivity contribution is -0.134. The maximum atomic E-state index is 11.7. The maximum Gasteiger partial charge on any atom is 0.330 e. The number of fused-ring (bicyclic) bond motifs is 1. The fraction of sp³-hybridized carbons (Fsp3) is 0.174. The van der Waals surface area contributed by atoms with Gasteiger partial charge in [0.05, 0.1) is 21.3 Å². The van der Waals surface area contributed by atoms with Crippen LogP contribution in [0.25, 0.3) is 10.8 Å². The predicted molar refractivity (Wildman–Crippen MR) is 106 cm³/mol. The average molecular weight is 362 g/mol. The van der Waals surface area contributed by atoms with Gasteiger partial charge in [0.25, 0.3) is 0 Å². The molecule has 0 N–H and O–H groups in total. The topological polar surface area (TPSA) is 44.8 Å². The van der Waals surface area contributed by atoms with E-state index in [4.69, 9.17) is 14.2 Å². The van der Waals surface area contributed by atoms with Gasteiger partial charge in [-0.15, -0.1) is 0 Å². The van der Waals surface area contributed by atoms with Crippen LogP contribution in [0.3, 0.4) is 0 Å². The highest BCUT2D eigenvalue weighted by Gasteiger charge is 2.17. The summed E-state index contributed by atoms with van der Waals surface area (Å²) in [4.78, 5) is 11.7. The van der Waals surface area contributed by atoms with Crippen molar-refractivity contribution in [3.8, 4) is 11.5 Å². The third kappa shape index (κ3) is 3.95. The van der Waals surface area contributed by atoms with Crippen LogP contribution in [0.2, 0.25) is 0 Å². The number of hydrogen-bond donors (Lipinski definition) is 0. The fourth-order valence-corrected chi connectivity index (χ4v) is 3.21. The summed E-state index contributed by atoms with van der Waals surface area (Å²) in [6.07, 6.45) is 3.32. The normalized spacial score (nSPS) is 12.1. The van der Waals surface area contributed by atoms with Crippen LogP contribution in [0.15, 0.2) is 72.8 Å². The molecule has 0 aliphatic carbocycles. The van der Waals surface area contributed by atoms with Crippen LogP contribution in [-0.4, -0.2) is 27.3 Å². The van der Waals surface area contributed by atoms with E-state index >= 15 is 0 Å². The quantitative estimate of drug-likeness (QED) is 0.470. The molecular weight excluding hydrogens is 340 g/mol. The molecule has 0 aliphatic rings. The molecule has 0 radical (unpaired) electrons. The van der Waals surface area contributed by atoms with Crippen molar-refractivity contribution in [3.05, 3.63) is 83.9 Å². The summed E-state index contributed by atoms with van der Waals surface area (Å²) in [6, 6.07) is 20.2. The van der Waals surface area contributed by atoms with Gasteiger partial charge >= 0.3 is 5.97 Å². The largest absolute Gasteiger partial charge is 0.493 e. The van der Waals surface area contributed by atoms with E-state index < -0.39 is 0 Å². The number of methoxy groups -OCH3 is 3. The molecule has 0 unspecified atom stereocenters. The minimum absolute atomic E-state index is 0.144. The molecule has 4 nitrogen and oxygen atoms in total. The molecule has 3 aromatic rings. The van der Waals surface area contributed by atoms with Crippen LogP contribution in [0.4, 0.5) is 0 Å². The summed E-state index contributed by atoms with van der Waals surface area (Å²) in [5.74, 6) is 0.775. The number of carbonyl (C=O) groups is 1. The van der Waals surface area contributed by atoms with Crippen LogP contribution in [0, 0.1) is 0 Å². The summed E-state index contributed by atoms with van der Waals surface area (Å²) in [5, 5.41) is 2.28. The second-order valence-electron chi connectivity index (χ2n) is 6.04. The SMILES string of the molecule is COC(=O)/C=C/[C@H](c1ccc(OC)c(OC)c1)c1cccc2ccccc12. The van der Waals surface area contributed by atoms with Crippen molar-refractivity contribution in [2.24, 2.45) is 0 Å². The Morgan fingerprint density at radius 2 is 1.63 bits per heavy atom. The molecule has 3 aromatic carbocycles. The minimum Gasteiger partial charge on any atom is -0.493 e. The van der Waals surface area contributed by atoms with Crippen molar-refractivity contribution in [1.29, 1.82) is 0 Å². The van der Waals surface area contributed by atoms with Crippen molar-refractivity contribution < 1.29 is 19.0 Å². The van der Waals surface area contributed by atoms with Gasteiger partial charge in [-0.2, -0.15) is 0 Å². The molecule has 4 heteroatoms. The number of hydrogen-bond acceptors (Lipinski definition) is 4. The smallest absolute Gasteiger partial charge is 0.330 e. The first-order valence-corrected chi connectivity index (χ1v) is 8.63. The van der Waals surface area contributed by atoms with Crippen LogP contribution in [0.1, 0.15) is 17.0 Å². The Bertz CT molecular complexity index is 970. The van der Waals surface area contributed by atoms with Gasteiger partial charge < -0.3 is 14.2 Å². The highest BCUT2D eigenvalue weighted by atomic mass is 16.5. The van der Waals surface area contributed by atoms with E-state index in [0.29, 0.717) is 11.5 Å². The summed E-state index contributed by atoms with van der Waals surface area (Å²) < 4.78 is 15.6. The average Bonchev–Trinajstić information content (AvgIpc) is 2.73. The van der Waals surface area contributed by atoms with E-state index in [1.165, 1.54) is 13.2 Å². The number of allylic oxidation sites excluding steroid dienone is 1. The molecule has 3 rings (SSSR count). The van der Waals surface area contributed by atoms with Crippen molar-refractivity contribution in [2.45, 2.75) is 5.92 Å². The lowest BCUT2D eigenvalue weighted by Gasteiger charge is -2.18. The zero-order chi connectivity index (χ0) is 19.2. The highest BCUT2D eigenvalue weighted by molar-refractivity contribution is 5.87. The van der Waals surface area contributed by atoms with E-state index in [1.807, 2.05) is 42.5 Å². The fourth-order valence-electron chi connectivity index (χ4n) is 3.21. The van der Waals surface area contributed by atoms with Crippen LogP contribution in [0.5, 0.6) is 11.5 Å². The molecule has 0 fully saturated rings. The van der Waals surface area contributed by atoms with Gasteiger partial charge in [0, 0.05) is 12.0 Å². The molecule has 1 atom stereocenters. The van der Waals surface area contributed by atoms with E-state index in [2.05, 4.69) is 24.3 Å². The van der Waals surface area contributed by atoms with Gasteiger partial charge in [-0.25, -0.2) is 4.79 Å². The Morgan fingerprint density at radius 1 is 0.889 bits per heavy atom. The maximum absolute atomic E-state index is 11.7. The molecule has 0 amide bonds. The number of rotatable bonds is 6. The van der Waals surface area contributed by atoms with Crippen LogP contribution in [-0.2, 0) is 9.53 Å². The Kier molecular flexibility index (Phi) is 5.77. The molecule has 27 heavy (non-hydrogen) atoms. The molecule has 0 spiro atoms. The molecule has 0 saturated carbocycles. The van der Waals surface area contributed by atoms with E-state index in [1.54, 1.807) is 14.2 Å². The molecular formula is C23H22O4. The third-order valence-electron chi connectivity index (χ3n) is 4.55. The van der Waals surface area contributed by atoms with Crippen molar-refractivity contribution in [3.63, 3.8) is 0 Å². The molecule has 0 aliphatic heterocycles. The van der Waals surface area contributed by atoms with Gasteiger partial charge in [-0.1, -0.05) is 54.6 Å². The van der Waals surface area contributed by atoms with Gasteiger partial charge in [-0.3, -0.25) is 0 Å².